The number of rotatable bonds is 3. The first-order valence-corrected chi connectivity index (χ1v) is 6.45. The molecule has 1 amide bonds. The molecule has 0 unspecified atom stereocenters. The van der Waals surface area contributed by atoms with E-state index in [4.69, 9.17) is 5.11 Å². The summed E-state index contributed by atoms with van der Waals surface area (Å²) in [4.78, 5) is 23.4. The zero-order chi connectivity index (χ0) is 15.7. The van der Waals surface area contributed by atoms with Crippen molar-refractivity contribution in [1.82, 2.24) is 9.78 Å². The summed E-state index contributed by atoms with van der Waals surface area (Å²) in [6, 6.07) is 3.23. The number of carbonyl (C=O) groups is 2. The van der Waals surface area contributed by atoms with Crippen LogP contribution in [0.5, 0.6) is 0 Å². The summed E-state index contributed by atoms with van der Waals surface area (Å²) in [6.45, 7) is 5.30. The second kappa shape index (κ2) is 5.40. The van der Waals surface area contributed by atoms with E-state index in [-0.39, 0.29) is 11.5 Å². The van der Waals surface area contributed by atoms with Gasteiger partial charge in [-0.2, -0.15) is 5.10 Å². The Kier molecular flexibility index (Phi) is 3.80. The van der Waals surface area contributed by atoms with Crippen molar-refractivity contribution < 1.29 is 14.7 Å². The van der Waals surface area contributed by atoms with Crippen molar-refractivity contribution in [2.24, 2.45) is 7.05 Å². The van der Waals surface area contributed by atoms with Crippen LogP contribution in [0.2, 0.25) is 0 Å². The molecule has 0 spiro atoms. The molecule has 1 heterocycles. The molecule has 6 heteroatoms. The van der Waals surface area contributed by atoms with Gasteiger partial charge >= 0.3 is 5.97 Å². The van der Waals surface area contributed by atoms with Crippen LogP contribution in [-0.2, 0) is 7.05 Å². The number of hydrogen-bond donors (Lipinski definition) is 2. The molecule has 0 saturated heterocycles. The molecule has 0 aliphatic rings. The number of aromatic carboxylic acids is 1. The highest BCUT2D eigenvalue weighted by molar-refractivity contribution is 6.06. The third-order valence-corrected chi connectivity index (χ3v) is 3.31. The summed E-state index contributed by atoms with van der Waals surface area (Å²) in [6.07, 6.45) is 1.63. The predicted octanol–water partition coefficient (Wildman–Crippen LogP) is 2.30. The van der Waals surface area contributed by atoms with Crippen LogP contribution in [0.4, 0.5) is 5.69 Å². The number of aryl methyl sites for hydroxylation is 4. The molecule has 2 N–H and O–H groups in total. The van der Waals surface area contributed by atoms with Crippen LogP contribution in [0, 0.1) is 20.8 Å². The Morgan fingerprint density at radius 2 is 1.81 bits per heavy atom. The van der Waals surface area contributed by atoms with Crippen LogP contribution in [0.15, 0.2) is 18.3 Å². The third kappa shape index (κ3) is 2.94. The van der Waals surface area contributed by atoms with Crippen LogP contribution < -0.4 is 5.32 Å². The first-order chi connectivity index (χ1) is 9.79. The lowest BCUT2D eigenvalue weighted by atomic mass is 10.0. The van der Waals surface area contributed by atoms with Gasteiger partial charge in [0, 0.05) is 18.9 Å². The van der Waals surface area contributed by atoms with Gasteiger partial charge in [0.25, 0.3) is 5.91 Å². The van der Waals surface area contributed by atoms with Crippen molar-refractivity contribution in [3.8, 4) is 0 Å². The van der Waals surface area contributed by atoms with Gasteiger partial charge in [0.15, 0.2) is 0 Å². The highest BCUT2D eigenvalue weighted by atomic mass is 16.4. The van der Waals surface area contributed by atoms with Crippen molar-refractivity contribution in [2.45, 2.75) is 20.8 Å². The summed E-state index contributed by atoms with van der Waals surface area (Å²) in [7, 11) is 1.74. The van der Waals surface area contributed by atoms with Gasteiger partial charge in [-0.25, -0.2) is 4.79 Å². The number of aromatic nitrogens is 2. The second-order valence-electron chi connectivity index (χ2n) is 5.04. The Labute approximate surface area is 122 Å². The standard InChI is InChI=1S/C15H17N3O3/c1-8-5-9(2)13(6-11(8)15(20)21)16-14(19)12-7-18(4)17-10(12)3/h5-7H,1-4H3,(H,16,19)(H,20,21). The Balaban J connectivity index is 2.35. The van der Waals surface area contributed by atoms with Gasteiger partial charge in [-0.1, -0.05) is 6.07 Å². The lowest BCUT2D eigenvalue weighted by Gasteiger charge is -2.11. The maximum Gasteiger partial charge on any atom is 0.336 e. The van der Waals surface area contributed by atoms with Crippen LogP contribution >= 0.6 is 0 Å². The van der Waals surface area contributed by atoms with E-state index in [0.29, 0.717) is 22.5 Å². The van der Waals surface area contributed by atoms with E-state index in [0.717, 1.165) is 5.56 Å². The number of nitrogens with zero attached hydrogens (tertiary/aromatic N) is 2. The molecule has 0 atom stereocenters. The van der Waals surface area contributed by atoms with E-state index >= 15 is 0 Å². The lowest BCUT2D eigenvalue weighted by Crippen LogP contribution is -2.14. The van der Waals surface area contributed by atoms with Crippen molar-refractivity contribution in [2.75, 3.05) is 5.32 Å². The van der Waals surface area contributed by atoms with Gasteiger partial charge in [-0.05, 0) is 38.0 Å². The van der Waals surface area contributed by atoms with Crippen molar-refractivity contribution in [3.63, 3.8) is 0 Å². The molecule has 2 aromatic rings. The summed E-state index contributed by atoms with van der Waals surface area (Å²) in [5.41, 5.74) is 3.24. The Morgan fingerprint density at radius 1 is 1.14 bits per heavy atom. The molecule has 6 nitrogen and oxygen atoms in total. The van der Waals surface area contributed by atoms with Crippen molar-refractivity contribution in [3.05, 3.63) is 46.3 Å². The average molecular weight is 287 g/mol. The molecule has 0 aliphatic heterocycles. The van der Waals surface area contributed by atoms with E-state index < -0.39 is 5.97 Å². The molecule has 0 bridgehead atoms. The fourth-order valence-corrected chi connectivity index (χ4v) is 2.23. The smallest absolute Gasteiger partial charge is 0.336 e. The monoisotopic (exact) mass is 287 g/mol. The largest absolute Gasteiger partial charge is 0.478 e. The molecule has 2 rings (SSSR count). The third-order valence-electron chi connectivity index (χ3n) is 3.31. The molecule has 110 valence electrons. The molecule has 1 aromatic heterocycles. The number of nitrogens with one attached hydrogen (secondary N) is 1. The van der Waals surface area contributed by atoms with Crippen molar-refractivity contribution in [1.29, 1.82) is 0 Å². The minimum atomic E-state index is -1.01. The van der Waals surface area contributed by atoms with Crippen LogP contribution in [0.1, 0.15) is 37.5 Å². The normalized spacial score (nSPS) is 10.5. The molecule has 0 fully saturated rings. The van der Waals surface area contributed by atoms with Gasteiger partial charge in [-0.3, -0.25) is 9.48 Å². The van der Waals surface area contributed by atoms with E-state index in [2.05, 4.69) is 10.4 Å². The first kappa shape index (κ1) is 14.8. The number of hydrogen-bond acceptors (Lipinski definition) is 3. The quantitative estimate of drug-likeness (QED) is 0.907. The molecule has 0 radical (unpaired) electrons. The van der Waals surface area contributed by atoms with Gasteiger partial charge in [0.05, 0.1) is 16.8 Å². The number of carboxylic acid groups (broad SMARTS) is 1. The summed E-state index contributed by atoms with van der Waals surface area (Å²) in [5.74, 6) is -1.32. The molecule has 21 heavy (non-hydrogen) atoms. The summed E-state index contributed by atoms with van der Waals surface area (Å²) in [5, 5.41) is 16.0. The van der Waals surface area contributed by atoms with Crippen LogP contribution in [0.3, 0.4) is 0 Å². The summed E-state index contributed by atoms with van der Waals surface area (Å²) >= 11 is 0. The fourth-order valence-electron chi connectivity index (χ4n) is 2.23. The topological polar surface area (TPSA) is 84.2 Å². The fraction of sp³-hybridized carbons (Fsp3) is 0.267. The predicted molar refractivity (Wildman–Crippen MR) is 78.8 cm³/mol. The molecular weight excluding hydrogens is 270 g/mol. The average Bonchev–Trinajstić information content (AvgIpc) is 2.71. The number of carboxylic acids is 1. The highest BCUT2D eigenvalue weighted by Crippen LogP contribution is 2.22. The molecule has 1 aromatic carbocycles. The zero-order valence-electron chi connectivity index (χ0n) is 12.4. The first-order valence-electron chi connectivity index (χ1n) is 6.45. The number of amides is 1. The number of benzene rings is 1. The lowest BCUT2D eigenvalue weighted by molar-refractivity contribution is 0.0695. The minimum absolute atomic E-state index is 0.179. The van der Waals surface area contributed by atoms with E-state index in [9.17, 15) is 9.59 Å². The molecule has 0 saturated carbocycles. The van der Waals surface area contributed by atoms with Crippen LogP contribution in [0.25, 0.3) is 0 Å². The van der Waals surface area contributed by atoms with Gasteiger partial charge < -0.3 is 10.4 Å². The maximum atomic E-state index is 12.3. The maximum absolute atomic E-state index is 12.3. The zero-order valence-corrected chi connectivity index (χ0v) is 12.4. The van der Waals surface area contributed by atoms with Gasteiger partial charge in [0.1, 0.15) is 0 Å². The van der Waals surface area contributed by atoms with E-state index in [1.165, 1.54) is 6.07 Å². The number of carbonyl (C=O) groups excluding carboxylic acids is 1. The SMILES string of the molecule is Cc1cc(C)c(C(=O)O)cc1NC(=O)c1cn(C)nc1C. The summed E-state index contributed by atoms with van der Waals surface area (Å²) < 4.78 is 1.56. The highest BCUT2D eigenvalue weighted by Gasteiger charge is 2.16. The van der Waals surface area contributed by atoms with Crippen molar-refractivity contribution >= 4 is 17.6 Å². The van der Waals surface area contributed by atoms with Gasteiger partial charge in [0.2, 0.25) is 0 Å². The minimum Gasteiger partial charge on any atom is -0.478 e. The van der Waals surface area contributed by atoms with Gasteiger partial charge in [-0.15, -0.1) is 0 Å². The Morgan fingerprint density at radius 3 is 2.33 bits per heavy atom. The molecule has 0 aliphatic carbocycles. The van der Waals surface area contributed by atoms with E-state index in [1.807, 2.05) is 6.92 Å². The number of anilines is 1. The molecular formula is C15H17N3O3. The van der Waals surface area contributed by atoms with Crippen LogP contribution in [-0.4, -0.2) is 26.8 Å². The Bertz CT molecular complexity index is 732. The second-order valence-corrected chi connectivity index (χ2v) is 5.04. The van der Waals surface area contributed by atoms with E-state index in [1.54, 1.807) is 37.8 Å². The Hall–Kier alpha value is -2.63.